The lowest BCUT2D eigenvalue weighted by atomic mass is 10.1. The van der Waals surface area contributed by atoms with E-state index in [1.165, 1.54) is 6.07 Å². The van der Waals surface area contributed by atoms with E-state index in [0.29, 0.717) is 36.8 Å². The molecule has 1 aromatic carbocycles. The van der Waals surface area contributed by atoms with Gasteiger partial charge in [0.25, 0.3) is 0 Å². The molecule has 0 saturated carbocycles. The van der Waals surface area contributed by atoms with E-state index in [1.54, 1.807) is 6.07 Å². The monoisotopic (exact) mass is 396 g/mol. The average Bonchev–Trinajstić information content (AvgIpc) is 3.22. The molecular weight excluding hydrogens is 373 g/mol. The number of alkyl halides is 3. The van der Waals surface area contributed by atoms with Crippen molar-refractivity contribution in [2.24, 2.45) is 0 Å². The van der Waals surface area contributed by atoms with E-state index in [2.05, 4.69) is 20.4 Å². The van der Waals surface area contributed by atoms with Crippen molar-refractivity contribution in [3.63, 3.8) is 0 Å². The highest BCUT2D eigenvalue weighted by atomic mass is 19.4. The highest BCUT2D eigenvalue weighted by Gasteiger charge is 2.30. The second kappa shape index (κ2) is 8.30. The van der Waals surface area contributed by atoms with E-state index in [9.17, 15) is 18.0 Å². The van der Waals surface area contributed by atoms with E-state index in [-0.39, 0.29) is 24.4 Å². The summed E-state index contributed by atoms with van der Waals surface area (Å²) < 4.78 is 43.8. The van der Waals surface area contributed by atoms with Crippen molar-refractivity contribution < 1.29 is 22.5 Å². The Labute approximate surface area is 161 Å². The number of nitrogens with zero attached hydrogens (tertiary/aromatic N) is 3. The van der Waals surface area contributed by atoms with Gasteiger partial charge in [-0.25, -0.2) is 0 Å². The third-order valence-electron chi connectivity index (χ3n) is 4.74. The SMILES string of the molecule is CC(C)N(Cc1nc(Cc2cccc(C(F)(F)F)c2)no1)C[C@H]1CCC(=O)N1. The minimum Gasteiger partial charge on any atom is -0.352 e. The zero-order chi connectivity index (χ0) is 20.3. The Hall–Kier alpha value is -2.42. The second-order valence-electron chi connectivity index (χ2n) is 7.31. The molecule has 6 nitrogen and oxygen atoms in total. The van der Waals surface area contributed by atoms with Gasteiger partial charge in [0.2, 0.25) is 11.8 Å². The Morgan fingerprint density at radius 2 is 2.14 bits per heavy atom. The van der Waals surface area contributed by atoms with Crippen LogP contribution in [-0.4, -0.2) is 39.6 Å². The lowest BCUT2D eigenvalue weighted by molar-refractivity contribution is -0.137. The van der Waals surface area contributed by atoms with E-state index in [0.717, 1.165) is 18.6 Å². The third-order valence-corrected chi connectivity index (χ3v) is 4.74. The summed E-state index contributed by atoms with van der Waals surface area (Å²) >= 11 is 0. The Bertz CT molecular complexity index is 820. The lowest BCUT2D eigenvalue weighted by Crippen LogP contribution is -2.41. The Balaban J connectivity index is 1.63. The van der Waals surface area contributed by atoms with Gasteiger partial charge in [0.05, 0.1) is 12.1 Å². The molecule has 2 heterocycles. The smallest absolute Gasteiger partial charge is 0.352 e. The zero-order valence-electron chi connectivity index (χ0n) is 15.8. The number of amides is 1. The molecule has 1 aliphatic rings. The minimum atomic E-state index is -4.38. The molecule has 3 rings (SSSR count). The van der Waals surface area contributed by atoms with Gasteiger partial charge >= 0.3 is 6.18 Å². The van der Waals surface area contributed by atoms with Gasteiger partial charge in [-0.15, -0.1) is 0 Å². The highest BCUT2D eigenvalue weighted by molar-refractivity contribution is 5.78. The van der Waals surface area contributed by atoms with Crippen LogP contribution in [0.15, 0.2) is 28.8 Å². The highest BCUT2D eigenvalue weighted by Crippen LogP contribution is 2.29. The first-order chi connectivity index (χ1) is 13.2. The number of rotatable bonds is 7. The number of hydrogen-bond acceptors (Lipinski definition) is 5. The number of carbonyl (C=O) groups is 1. The standard InChI is InChI=1S/C19H23F3N4O2/c1-12(2)26(10-15-6-7-17(27)23-15)11-18-24-16(25-28-18)9-13-4-3-5-14(8-13)19(20,21)22/h3-5,8,12,15H,6-7,9-11H2,1-2H3,(H,23,27)/t15-/m1/s1. The number of hydrogen-bond donors (Lipinski definition) is 1. The van der Waals surface area contributed by atoms with Crippen molar-refractivity contribution in [3.05, 3.63) is 47.1 Å². The van der Waals surface area contributed by atoms with Crippen LogP contribution < -0.4 is 5.32 Å². The van der Waals surface area contributed by atoms with Crippen LogP contribution in [0, 0.1) is 0 Å². The first-order valence-corrected chi connectivity index (χ1v) is 9.21. The summed E-state index contributed by atoms with van der Waals surface area (Å²) in [5, 5.41) is 6.84. The molecule has 1 fully saturated rings. The number of halogens is 3. The molecule has 1 atom stereocenters. The molecule has 1 amide bonds. The first kappa shape index (κ1) is 20.3. The van der Waals surface area contributed by atoms with Crippen LogP contribution in [0.2, 0.25) is 0 Å². The predicted octanol–water partition coefficient (Wildman–Crippen LogP) is 3.17. The average molecular weight is 396 g/mol. The van der Waals surface area contributed by atoms with Gasteiger partial charge in [0.15, 0.2) is 5.82 Å². The number of carbonyl (C=O) groups excluding carboxylic acids is 1. The minimum absolute atomic E-state index is 0.0647. The lowest BCUT2D eigenvalue weighted by Gasteiger charge is -2.27. The molecule has 1 aliphatic heterocycles. The van der Waals surface area contributed by atoms with Crippen LogP contribution in [0.1, 0.15) is 49.5 Å². The quantitative estimate of drug-likeness (QED) is 0.779. The van der Waals surface area contributed by atoms with Crippen molar-refractivity contribution >= 4 is 5.91 Å². The molecule has 1 aromatic heterocycles. The van der Waals surface area contributed by atoms with Gasteiger partial charge in [-0.3, -0.25) is 9.69 Å². The van der Waals surface area contributed by atoms with Gasteiger partial charge in [-0.05, 0) is 31.9 Å². The Kier molecular flexibility index (Phi) is 6.02. The summed E-state index contributed by atoms with van der Waals surface area (Å²) in [6.45, 7) is 5.17. The number of nitrogens with one attached hydrogen (secondary N) is 1. The summed E-state index contributed by atoms with van der Waals surface area (Å²) in [5.74, 6) is 0.807. The summed E-state index contributed by atoms with van der Waals surface area (Å²) in [6, 6.07) is 5.41. The Morgan fingerprint density at radius 3 is 2.79 bits per heavy atom. The molecule has 0 unspecified atom stereocenters. The normalized spacial score (nSPS) is 17.5. The fourth-order valence-corrected chi connectivity index (χ4v) is 3.20. The molecule has 0 spiro atoms. The molecule has 0 bridgehead atoms. The van der Waals surface area contributed by atoms with Crippen molar-refractivity contribution in [2.75, 3.05) is 6.54 Å². The van der Waals surface area contributed by atoms with Crippen LogP contribution in [0.5, 0.6) is 0 Å². The van der Waals surface area contributed by atoms with Gasteiger partial charge in [-0.2, -0.15) is 18.2 Å². The zero-order valence-corrected chi connectivity index (χ0v) is 15.8. The summed E-state index contributed by atoms with van der Waals surface area (Å²) in [6.07, 6.45) is -2.88. The predicted molar refractivity (Wildman–Crippen MR) is 95.3 cm³/mol. The maximum atomic E-state index is 12.8. The van der Waals surface area contributed by atoms with Gasteiger partial charge in [-0.1, -0.05) is 23.4 Å². The van der Waals surface area contributed by atoms with Gasteiger partial charge in [0, 0.05) is 31.5 Å². The summed E-state index contributed by atoms with van der Waals surface area (Å²) in [4.78, 5) is 17.8. The van der Waals surface area contributed by atoms with E-state index >= 15 is 0 Å². The van der Waals surface area contributed by atoms with Crippen molar-refractivity contribution in [2.45, 2.75) is 57.9 Å². The van der Waals surface area contributed by atoms with Crippen LogP contribution in [0.25, 0.3) is 0 Å². The van der Waals surface area contributed by atoms with Crippen LogP contribution in [0.3, 0.4) is 0 Å². The molecule has 2 aromatic rings. The molecule has 9 heteroatoms. The molecule has 152 valence electrons. The number of aromatic nitrogens is 2. The fraction of sp³-hybridized carbons (Fsp3) is 0.526. The summed E-state index contributed by atoms with van der Waals surface area (Å²) in [7, 11) is 0. The number of benzene rings is 1. The second-order valence-corrected chi connectivity index (χ2v) is 7.31. The van der Waals surface area contributed by atoms with Crippen molar-refractivity contribution in [1.82, 2.24) is 20.4 Å². The van der Waals surface area contributed by atoms with E-state index < -0.39 is 11.7 Å². The third kappa shape index (κ3) is 5.31. The Morgan fingerprint density at radius 1 is 1.36 bits per heavy atom. The molecule has 1 N–H and O–H groups in total. The maximum Gasteiger partial charge on any atom is 0.416 e. The van der Waals surface area contributed by atoms with Crippen LogP contribution >= 0.6 is 0 Å². The molecule has 0 radical (unpaired) electrons. The van der Waals surface area contributed by atoms with Gasteiger partial charge in [0.1, 0.15) is 0 Å². The van der Waals surface area contributed by atoms with Gasteiger partial charge < -0.3 is 9.84 Å². The van der Waals surface area contributed by atoms with Crippen molar-refractivity contribution in [1.29, 1.82) is 0 Å². The largest absolute Gasteiger partial charge is 0.416 e. The van der Waals surface area contributed by atoms with Crippen LogP contribution in [-0.2, 0) is 23.9 Å². The molecule has 28 heavy (non-hydrogen) atoms. The summed E-state index contributed by atoms with van der Waals surface area (Å²) in [5.41, 5.74) is -0.227. The van der Waals surface area contributed by atoms with Crippen LogP contribution in [0.4, 0.5) is 13.2 Å². The maximum absolute atomic E-state index is 12.8. The molecule has 1 saturated heterocycles. The molecule has 0 aliphatic carbocycles. The van der Waals surface area contributed by atoms with E-state index in [1.807, 2.05) is 13.8 Å². The first-order valence-electron chi connectivity index (χ1n) is 9.21. The topological polar surface area (TPSA) is 71.3 Å². The molecular formula is C19H23F3N4O2. The van der Waals surface area contributed by atoms with E-state index in [4.69, 9.17) is 4.52 Å². The van der Waals surface area contributed by atoms with Crippen molar-refractivity contribution in [3.8, 4) is 0 Å². The fourth-order valence-electron chi connectivity index (χ4n) is 3.20.